The van der Waals surface area contributed by atoms with E-state index in [9.17, 15) is 18.0 Å². The number of rotatable bonds is 6. The summed E-state index contributed by atoms with van der Waals surface area (Å²) in [5, 5.41) is 0. The predicted molar refractivity (Wildman–Crippen MR) is 67.4 cm³/mol. The van der Waals surface area contributed by atoms with Gasteiger partial charge in [0.2, 0.25) is 5.91 Å². The third-order valence-corrected chi connectivity index (χ3v) is 4.57. The Hall–Kier alpha value is -1.19. The van der Waals surface area contributed by atoms with Gasteiger partial charge in [-0.15, -0.1) is 0 Å². The van der Waals surface area contributed by atoms with E-state index in [1.807, 2.05) is 0 Å². The van der Waals surface area contributed by atoms with Crippen LogP contribution in [-0.4, -0.2) is 69.8 Å². The standard InChI is InChI=1S/C10H19N3O5S/c1-12-6-4-8(10(12)15)11-19(16,17)13(2)7-5-9(14)18-3/h8,11H,4-7H2,1-3H3. The molecule has 0 bridgehead atoms. The number of hydrogen-bond acceptors (Lipinski definition) is 5. The van der Waals surface area contributed by atoms with Crippen molar-refractivity contribution in [3.63, 3.8) is 0 Å². The van der Waals surface area contributed by atoms with Crippen molar-refractivity contribution in [2.45, 2.75) is 18.9 Å². The molecule has 1 saturated heterocycles. The summed E-state index contributed by atoms with van der Waals surface area (Å²) in [7, 11) is 0.427. The predicted octanol–water partition coefficient (Wildman–Crippen LogP) is -1.45. The molecule has 0 aromatic rings. The Morgan fingerprint density at radius 3 is 2.68 bits per heavy atom. The van der Waals surface area contributed by atoms with Crippen LogP contribution >= 0.6 is 0 Å². The Balaban J connectivity index is 2.56. The van der Waals surface area contributed by atoms with E-state index >= 15 is 0 Å². The third-order valence-electron chi connectivity index (χ3n) is 2.99. The van der Waals surface area contributed by atoms with E-state index < -0.39 is 22.2 Å². The molecule has 0 radical (unpaired) electrons. The molecule has 9 heteroatoms. The molecule has 0 aromatic heterocycles. The maximum absolute atomic E-state index is 11.9. The summed E-state index contributed by atoms with van der Waals surface area (Å²) in [6.07, 6.45) is 0.409. The van der Waals surface area contributed by atoms with Crippen molar-refractivity contribution in [1.29, 1.82) is 0 Å². The molecule has 19 heavy (non-hydrogen) atoms. The Morgan fingerprint density at radius 2 is 2.21 bits per heavy atom. The van der Waals surface area contributed by atoms with Crippen LogP contribution in [0.4, 0.5) is 0 Å². The van der Waals surface area contributed by atoms with Gasteiger partial charge in [-0.3, -0.25) is 9.59 Å². The Labute approximate surface area is 112 Å². The number of methoxy groups -OCH3 is 1. The molecule has 1 fully saturated rings. The number of hydrogen-bond donors (Lipinski definition) is 1. The smallest absolute Gasteiger partial charge is 0.306 e. The van der Waals surface area contributed by atoms with Crippen LogP contribution in [0.3, 0.4) is 0 Å². The Bertz CT molecular complexity index is 450. The van der Waals surface area contributed by atoms with E-state index in [2.05, 4.69) is 9.46 Å². The van der Waals surface area contributed by atoms with Crippen molar-refractivity contribution in [2.75, 3.05) is 34.3 Å². The third kappa shape index (κ3) is 4.15. The Kier molecular flexibility index (Phi) is 5.27. The van der Waals surface area contributed by atoms with Crippen LogP contribution in [-0.2, 0) is 24.5 Å². The zero-order valence-corrected chi connectivity index (χ0v) is 12.1. The number of ether oxygens (including phenoxy) is 1. The quantitative estimate of drug-likeness (QED) is 0.604. The van der Waals surface area contributed by atoms with E-state index in [1.165, 1.54) is 19.1 Å². The first-order valence-electron chi connectivity index (χ1n) is 5.83. The average molecular weight is 293 g/mol. The molecule has 8 nitrogen and oxygen atoms in total. The molecule has 0 saturated carbocycles. The number of nitrogens with zero attached hydrogens (tertiary/aromatic N) is 2. The van der Waals surface area contributed by atoms with Gasteiger partial charge in [-0.05, 0) is 6.42 Å². The fourth-order valence-corrected chi connectivity index (χ4v) is 2.76. The molecular weight excluding hydrogens is 274 g/mol. The second-order valence-electron chi connectivity index (χ2n) is 4.37. The zero-order valence-electron chi connectivity index (χ0n) is 11.2. The minimum atomic E-state index is -3.78. The molecule has 1 rings (SSSR count). The largest absolute Gasteiger partial charge is 0.469 e. The minimum absolute atomic E-state index is 0.00123. The van der Waals surface area contributed by atoms with Crippen molar-refractivity contribution in [3.05, 3.63) is 0 Å². The van der Waals surface area contributed by atoms with Crippen LogP contribution in [0.1, 0.15) is 12.8 Å². The normalized spacial score (nSPS) is 20.1. The SMILES string of the molecule is COC(=O)CCN(C)S(=O)(=O)NC1CCN(C)C1=O. The lowest BCUT2D eigenvalue weighted by atomic mass is 10.3. The maximum atomic E-state index is 11.9. The molecule has 1 N–H and O–H groups in total. The van der Waals surface area contributed by atoms with Gasteiger partial charge in [-0.1, -0.05) is 0 Å². The summed E-state index contributed by atoms with van der Waals surface area (Å²) in [4.78, 5) is 24.1. The summed E-state index contributed by atoms with van der Waals surface area (Å²) < 4.78 is 31.6. The molecule has 1 aliphatic rings. The summed E-state index contributed by atoms with van der Waals surface area (Å²) in [5.41, 5.74) is 0. The highest BCUT2D eigenvalue weighted by Gasteiger charge is 2.33. The molecule has 110 valence electrons. The molecule has 1 aliphatic heterocycles. The maximum Gasteiger partial charge on any atom is 0.306 e. The van der Waals surface area contributed by atoms with Crippen molar-refractivity contribution < 1.29 is 22.7 Å². The van der Waals surface area contributed by atoms with Gasteiger partial charge in [0.25, 0.3) is 10.2 Å². The fourth-order valence-electron chi connectivity index (χ4n) is 1.67. The average Bonchev–Trinajstić information content (AvgIpc) is 2.66. The molecule has 1 heterocycles. The summed E-state index contributed by atoms with van der Waals surface area (Å²) in [6, 6.07) is -0.726. The first-order valence-corrected chi connectivity index (χ1v) is 7.27. The lowest BCUT2D eigenvalue weighted by molar-refractivity contribution is -0.140. The van der Waals surface area contributed by atoms with E-state index in [1.54, 1.807) is 7.05 Å². The van der Waals surface area contributed by atoms with Gasteiger partial charge >= 0.3 is 5.97 Å². The van der Waals surface area contributed by atoms with Crippen LogP contribution < -0.4 is 4.72 Å². The molecule has 1 atom stereocenters. The van der Waals surface area contributed by atoms with Crippen LogP contribution in [0, 0.1) is 0 Å². The highest BCUT2D eigenvalue weighted by atomic mass is 32.2. The highest BCUT2D eigenvalue weighted by molar-refractivity contribution is 7.87. The highest BCUT2D eigenvalue weighted by Crippen LogP contribution is 2.10. The number of esters is 1. The van der Waals surface area contributed by atoms with Crippen LogP contribution in [0.5, 0.6) is 0 Å². The lowest BCUT2D eigenvalue weighted by Crippen LogP contribution is -2.47. The number of likely N-dealkylation sites (N-methyl/N-ethyl adjacent to an activating group) is 1. The molecule has 0 aliphatic carbocycles. The first kappa shape index (κ1) is 15.9. The van der Waals surface area contributed by atoms with Gasteiger partial charge in [0.15, 0.2) is 0 Å². The number of carbonyl (C=O) groups excluding carboxylic acids is 2. The van der Waals surface area contributed by atoms with E-state index in [4.69, 9.17) is 0 Å². The van der Waals surface area contributed by atoms with Gasteiger partial charge in [0.05, 0.1) is 13.5 Å². The molecule has 1 amide bonds. The van der Waals surface area contributed by atoms with Crippen molar-refractivity contribution in [1.82, 2.24) is 13.9 Å². The van der Waals surface area contributed by atoms with Gasteiger partial charge in [0.1, 0.15) is 6.04 Å². The molecule has 0 aromatic carbocycles. The Morgan fingerprint density at radius 1 is 1.58 bits per heavy atom. The van der Waals surface area contributed by atoms with Crippen molar-refractivity contribution >= 4 is 22.1 Å². The molecular formula is C10H19N3O5S. The minimum Gasteiger partial charge on any atom is -0.469 e. The molecule has 0 spiro atoms. The zero-order chi connectivity index (χ0) is 14.6. The summed E-state index contributed by atoms with van der Waals surface area (Å²) >= 11 is 0. The van der Waals surface area contributed by atoms with Crippen molar-refractivity contribution in [3.8, 4) is 0 Å². The first-order chi connectivity index (χ1) is 8.77. The topological polar surface area (TPSA) is 96.0 Å². The van der Waals surface area contributed by atoms with E-state index in [0.717, 1.165) is 4.31 Å². The monoisotopic (exact) mass is 293 g/mol. The lowest BCUT2D eigenvalue weighted by Gasteiger charge is -2.19. The van der Waals surface area contributed by atoms with E-state index in [0.29, 0.717) is 13.0 Å². The number of amides is 1. The molecule has 1 unspecified atom stereocenters. The van der Waals surface area contributed by atoms with Gasteiger partial charge < -0.3 is 9.64 Å². The number of likely N-dealkylation sites (tertiary alicyclic amines) is 1. The fraction of sp³-hybridized carbons (Fsp3) is 0.800. The van der Waals surface area contributed by atoms with Crippen LogP contribution in [0.15, 0.2) is 0 Å². The number of nitrogens with one attached hydrogen (secondary N) is 1. The number of carbonyl (C=O) groups is 2. The van der Waals surface area contributed by atoms with Crippen molar-refractivity contribution in [2.24, 2.45) is 0 Å². The second-order valence-corrected chi connectivity index (χ2v) is 6.18. The summed E-state index contributed by atoms with van der Waals surface area (Å²) in [5.74, 6) is -0.733. The van der Waals surface area contributed by atoms with Crippen LogP contribution in [0.25, 0.3) is 0 Å². The van der Waals surface area contributed by atoms with Crippen LogP contribution in [0.2, 0.25) is 0 Å². The second kappa shape index (κ2) is 6.31. The summed E-state index contributed by atoms with van der Waals surface area (Å²) in [6.45, 7) is 0.524. The van der Waals surface area contributed by atoms with Gasteiger partial charge in [0, 0.05) is 27.2 Å². The van der Waals surface area contributed by atoms with Gasteiger partial charge in [-0.2, -0.15) is 17.4 Å². The van der Waals surface area contributed by atoms with Gasteiger partial charge in [-0.25, -0.2) is 0 Å². The van der Waals surface area contributed by atoms with E-state index in [-0.39, 0.29) is 18.9 Å².